The number of benzene rings is 1. The second kappa shape index (κ2) is 8.73. The van der Waals surface area contributed by atoms with Crippen LogP contribution >= 0.6 is 0 Å². The van der Waals surface area contributed by atoms with Crippen LogP contribution in [0.25, 0.3) is 0 Å². The fraction of sp³-hybridized carbons (Fsp3) is 0.364. The van der Waals surface area contributed by atoms with Gasteiger partial charge in [-0.05, 0) is 30.2 Å². The molecule has 2 aliphatic heterocycles. The predicted octanol–water partition coefficient (Wildman–Crippen LogP) is 2.15. The molecule has 2 aromatic rings. The molecule has 0 radical (unpaired) electrons. The molecule has 1 aromatic heterocycles. The number of amidine groups is 2. The van der Waals surface area contributed by atoms with Crippen molar-refractivity contribution in [3.63, 3.8) is 0 Å². The summed E-state index contributed by atoms with van der Waals surface area (Å²) in [7, 11) is 1.24. The highest BCUT2D eigenvalue weighted by Gasteiger charge is 2.28. The van der Waals surface area contributed by atoms with E-state index in [2.05, 4.69) is 14.6 Å². The van der Waals surface area contributed by atoms with Crippen molar-refractivity contribution in [3.8, 4) is 11.6 Å². The van der Waals surface area contributed by atoms with E-state index in [1.165, 1.54) is 12.0 Å². The second-order valence-corrected chi connectivity index (χ2v) is 7.56. The Balaban J connectivity index is 1.35. The molecule has 9 nitrogen and oxygen atoms in total. The minimum absolute atomic E-state index is 0.211. The Bertz CT molecular complexity index is 1010. The van der Waals surface area contributed by atoms with E-state index in [1.807, 2.05) is 43.3 Å². The maximum atomic E-state index is 11.6. The summed E-state index contributed by atoms with van der Waals surface area (Å²) < 4.78 is 16.4. The molecule has 3 heterocycles. The van der Waals surface area contributed by atoms with Gasteiger partial charge in [0.15, 0.2) is 11.9 Å². The highest BCUT2D eigenvalue weighted by Crippen LogP contribution is 2.34. The lowest BCUT2D eigenvalue weighted by Gasteiger charge is -2.35. The average molecular weight is 423 g/mol. The van der Waals surface area contributed by atoms with Crippen LogP contribution < -0.4 is 9.47 Å². The zero-order valence-electron chi connectivity index (χ0n) is 17.6. The average Bonchev–Trinajstić information content (AvgIpc) is 2.78. The minimum atomic E-state index is -0.726. The number of piperazine rings is 1. The molecule has 2 N–H and O–H groups in total. The normalized spacial score (nSPS) is 18.6. The van der Waals surface area contributed by atoms with Gasteiger partial charge < -0.3 is 19.1 Å². The third-order valence-corrected chi connectivity index (χ3v) is 5.35. The van der Waals surface area contributed by atoms with Crippen LogP contribution in [0.4, 0.5) is 0 Å². The topological polar surface area (TPSA) is 112 Å². The number of rotatable bonds is 3. The minimum Gasteiger partial charge on any atom is -0.484 e. The number of carbonyl (C=O) groups is 1. The van der Waals surface area contributed by atoms with Gasteiger partial charge in [-0.15, -0.1) is 0 Å². The number of hydrogen-bond donors (Lipinski definition) is 2. The molecule has 162 valence electrons. The number of pyridine rings is 1. The number of carbonyl (C=O) groups excluding carboxylic acids is 1. The van der Waals surface area contributed by atoms with Gasteiger partial charge in [0, 0.05) is 25.3 Å². The lowest BCUT2D eigenvalue weighted by atomic mass is 10.1. The van der Waals surface area contributed by atoms with Crippen LogP contribution in [0.2, 0.25) is 0 Å². The summed E-state index contributed by atoms with van der Waals surface area (Å²) in [6.07, 6.45) is -0.211. The van der Waals surface area contributed by atoms with Crippen molar-refractivity contribution in [2.45, 2.75) is 19.6 Å². The standard InChI is InChI=1S/C22H25N5O4/c1-14-3-8-17-21(25-14)31-18(13-30-17)16-6-4-15(5-7-16)11-26-9-10-27(19(23)12-26)20(24)22(28)29-2/h3-8,18,23-24H,9-13H2,1-2H3. The summed E-state index contributed by atoms with van der Waals surface area (Å²) in [4.78, 5) is 19.5. The summed E-state index contributed by atoms with van der Waals surface area (Å²) in [6.45, 7) is 4.44. The van der Waals surface area contributed by atoms with E-state index in [0.717, 1.165) is 16.8 Å². The van der Waals surface area contributed by atoms with Crippen LogP contribution in [0.5, 0.6) is 11.6 Å². The largest absolute Gasteiger partial charge is 0.484 e. The smallest absolute Gasteiger partial charge is 0.373 e. The van der Waals surface area contributed by atoms with Gasteiger partial charge in [-0.3, -0.25) is 15.7 Å². The Morgan fingerprint density at radius 1 is 1.23 bits per heavy atom. The summed E-state index contributed by atoms with van der Waals surface area (Å²) >= 11 is 0. The zero-order valence-corrected chi connectivity index (χ0v) is 17.6. The molecule has 0 aliphatic carbocycles. The van der Waals surface area contributed by atoms with E-state index in [-0.39, 0.29) is 17.8 Å². The first-order valence-electron chi connectivity index (χ1n) is 10.0. The first-order chi connectivity index (χ1) is 14.9. The van der Waals surface area contributed by atoms with Gasteiger partial charge >= 0.3 is 5.97 Å². The molecule has 2 aliphatic rings. The van der Waals surface area contributed by atoms with Gasteiger partial charge in [0.05, 0.1) is 13.7 Å². The first kappa shape index (κ1) is 20.8. The summed E-state index contributed by atoms with van der Waals surface area (Å²) in [5.41, 5.74) is 3.01. The maximum Gasteiger partial charge on any atom is 0.373 e. The molecule has 0 spiro atoms. The molecule has 1 aromatic carbocycles. The summed E-state index contributed by atoms with van der Waals surface area (Å²) in [5.74, 6) is 0.384. The van der Waals surface area contributed by atoms with Crippen molar-refractivity contribution >= 4 is 17.6 Å². The molecule has 9 heteroatoms. The highest BCUT2D eigenvalue weighted by atomic mass is 16.6. The lowest BCUT2D eigenvalue weighted by Crippen LogP contribution is -2.53. The first-order valence-corrected chi connectivity index (χ1v) is 10.0. The molecular weight excluding hydrogens is 398 g/mol. The molecule has 1 saturated heterocycles. The van der Waals surface area contributed by atoms with E-state index in [0.29, 0.717) is 44.4 Å². The molecule has 1 unspecified atom stereocenters. The summed E-state index contributed by atoms with van der Waals surface area (Å²) in [6, 6.07) is 11.9. The zero-order chi connectivity index (χ0) is 22.0. The monoisotopic (exact) mass is 423 g/mol. The SMILES string of the molecule is COC(=O)C(=N)N1CCN(Cc2ccc(C3COc4ccc(C)nc4O3)cc2)CC1=N. The number of methoxy groups -OCH3 is 1. The number of nitrogens with one attached hydrogen (secondary N) is 2. The molecule has 0 saturated carbocycles. The Morgan fingerprint density at radius 2 is 2.00 bits per heavy atom. The van der Waals surface area contributed by atoms with Crippen molar-refractivity contribution in [1.29, 1.82) is 10.8 Å². The van der Waals surface area contributed by atoms with Gasteiger partial charge in [-0.2, -0.15) is 0 Å². The predicted molar refractivity (Wildman–Crippen MR) is 114 cm³/mol. The number of ether oxygens (including phenoxy) is 3. The molecule has 0 amide bonds. The van der Waals surface area contributed by atoms with Gasteiger partial charge in [0.1, 0.15) is 12.4 Å². The molecule has 31 heavy (non-hydrogen) atoms. The van der Waals surface area contributed by atoms with Crippen LogP contribution in [0.3, 0.4) is 0 Å². The third kappa shape index (κ3) is 4.51. The fourth-order valence-electron chi connectivity index (χ4n) is 3.65. The van der Waals surface area contributed by atoms with E-state index in [9.17, 15) is 4.79 Å². The van der Waals surface area contributed by atoms with Crippen LogP contribution in [0.1, 0.15) is 22.9 Å². The van der Waals surface area contributed by atoms with Crippen molar-refractivity contribution < 1.29 is 19.0 Å². The number of aryl methyl sites for hydroxylation is 1. The van der Waals surface area contributed by atoms with E-state index >= 15 is 0 Å². The van der Waals surface area contributed by atoms with E-state index in [1.54, 1.807) is 0 Å². The van der Waals surface area contributed by atoms with Gasteiger partial charge in [0.25, 0.3) is 5.88 Å². The maximum absolute atomic E-state index is 11.6. The lowest BCUT2D eigenvalue weighted by molar-refractivity contribution is -0.133. The van der Waals surface area contributed by atoms with Crippen molar-refractivity contribution in [2.24, 2.45) is 0 Å². The summed E-state index contributed by atoms with van der Waals surface area (Å²) in [5, 5.41) is 16.0. The molecule has 1 fully saturated rings. The number of aromatic nitrogens is 1. The molecule has 0 bridgehead atoms. The second-order valence-electron chi connectivity index (χ2n) is 7.56. The number of hydrogen-bond acceptors (Lipinski definition) is 8. The number of nitrogens with zero attached hydrogens (tertiary/aromatic N) is 3. The van der Waals surface area contributed by atoms with Crippen LogP contribution in [0, 0.1) is 17.7 Å². The van der Waals surface area contributed by atoms with Crippen molar-refractivity contribution in [1.82, 2.24) is 14.8 Å². The Labute approximate surface area is 180 Å². The molecular formula is C22H25N5O4. The van der Waals surface area contributed by atoms with Gasteiger partial charge in [-0.1, -0.05) is 24.3 Å². The highest BCUT2D eigenvalue weighted by molar-refractivity contribution is 6.36. The Hall–Kier alpha value is -3.46. The van der Waals surface area contributed by atoms with Crippen LogP contribution in [0.15, 0.2) is 36.4 Å². The van der Waals surface area contributed by atoms with E-state index in [4.69, 9.17) is 20.3 Å². The van der Waals surface area contributed by atoms with E-state index < -0.39 is 5.97 Å². The van der Waals surface area contributed by atoms with Crippen molar-refractivity contribution in [3.05, 3.63) is 53.2 Å². The van der Waals surface area contributed by atoms with Crippen molar-refractivity contribution in [2.75, 3.05) is 33.4 Å². The Morgan fingerprint density at radius 3 is 2.71 bits per heavy atom. The quantitative estimate of drug-likeness (QED) is 0.442. The van der Waals surface area contributed by atoms with Gasteiger partial charge in [0.2, 0.25) is 5.84 Å². The molecule has 1 atom stereocenters. The number of esters is 1. The van der Waals surface area contributed by atoms with Crippen LogP contribution in [-0.4, -0.2) is 65.8 Å². The fourth-order valence-corrected chi connectivity index (χ4v) is 3.65. The van der Waals surface area contributed by atoms with Crippen LogP contribution in [-0.2, 0) is 16.1 Å². The molecule has 4 rings (SSSR count). The Kier molecular flexibility index (Phi) is 5.85. The number of fused-ring (bicyclic) bond motifs is 1. The van der Waals surface area contributed by atoms with Gasteiger partial charge in [-0.25, -0.2) is 9.78 Å². The third-order valence-electron chi connectivity index (χ3n) is 5.35.